The van der Waals surface area contributed by atoms with Gasteiger partial charge in [-0.2, -0.15) is 0 Å². The van der Waals surface area contributed by atoms with Crippen molar-refractivity contribution in [1.82, 2.24) is 20.1 Å². The highest BCUT2D eigenvalue weighted by Crippen LogP contribution is 2.28. The van der Waals surface area contributed by atoms with Gasteiger partial charge in [-0.3, -0.25) is 4.79 Å². The fourth-order valence-corrected chi connectivity index (χ4v) is 5.56. The van der Waals surface area contributed by atoms with E-state index in [1.807, 2.05) is 20.9 Å². The zero-order valence-corrected chi connectivity index (χ0v) is 22.6. The van der Waals surface area contributed by atoms with E-state index in [9.17, 15) is 14.7 Å². The molecule has 1 aliphatic rings. The first-order chi connectivity index (χ1) is 16.0. The average molecular weight is 497 g/mol. The number of carbonyl (C=O) groups is 2. The number of carboxylic acids is 1. The van der Waals surface area contributed by atoms with Crippen LogP contribution in [0, 0.1) is 17.8 Å². The Kier molecular flexibility index (Phi) is 10.9. The van der Waals surface area contributed by atoms with Crippen LogP contribution in [0.25, 0.3) is 0 Å². The average Bonchev–Trinajstić information content (AvgIpc) is 3.29. The maximum atomic E-state index is 13.7. The molecule has 1 aliphatic heterocycles. The van der Waals surface area contributed by atoms with Crippen molar-refractivity contribution in [1.29, 1.82) is 0 Å². The first-order valence-electron chi connectivity index (χ1n) is 12.5. The molecule has 8 nitrogen and oxygen atoms in total. The van der Waals surface area contributed by atoms with Gasteiger partial charge in [0, 0.05) is 37.5 Å². The van der Waals surface area contributed by atoms with Gasteiger partial charge in [-0.25, -0.2) is 9.78 Å². The van der Waals surface area contributed by atoms with Crippen LogP contribution in [0.4, 0.5) is 0 Å². The normalized spacial score (nSPS) is 22.9. The molecule has 0 radical (unpaired) electrons. The van der Waals surface area contributed by atoms with Gasteiger partial charge in [-0.1, -0.05) is 41.0 Å². The number of likely N-dealkylation sites (N-methyl/N-ethyl adjacent to an activating group) is 2. The Balaban J connectivity index is 2.11. The van der Waals surface area contributed by atoms with Gasteiger partial charge in [0.05, 0.1) is 6.04 Å². The zero-order chi connectivity index (χ0) is 25.6. The highest BCUT2D eigenvalue weighted by molar-refractivity contribution is 7.09. The lowest BCUT2D eigenvalue weighted by atomic mass is 9.91. The van der Waals surface area contributed by atoms with Crippen molar-refractivity contribution in [3.63, 3.8) is 0 Å². The van der Waals surface area contributed by atoms with Gasteiger partial charge < -0.3 is 25.3 Å². The first-order valence-corrected chi connectivity index (χ1v) is 13.4. The van der Waals surface area contributed by atoms with Crippen LogP contribution < -0.4 is 5.32 Å². The van der Waals surface area contributed by atoms with Gasteiger partial charge >= 0.3 is 5.97 Å². The Hall–Kier alpha value is -1.55. The van der Waals surface area contributed by atoms with Crippen LogP contribution in [-0.4, -0.2) is 82.2 Å². The minimum absolute atomic E-state index is 0.0390. The molecule has 9 heteroatoms. The van der Waals surface area contributed by atoms with E-state index in [4.69, 9.17) is 5.11 Å². The second-order valence-electron chi connectivity index (χ2n) is 10.4. The number of hydrogen-bond acceptors (Lipinski definition) is 7. The number of thiazole rings is 1. The van der Waals surface area contributed by atoms with Gasteiger partial charge in [0.1, 0.15) is 11.1 Å². The number of likely N-dealkylation sites (tertiary alicyclic amines) is 1. The smallest absolute Gasteiger partial charge is 0.355 e. The number of piperidine rings is 1. The molecule has 2 rings (SSSR count). The van der Waals surface area contributed by atoms with Crippen LogP contribution in [0.1, 0.15) is 81.9 Å². The number of amides is 1. The second-order valence-corrected chi connectivity index (χ2v) is 11.3. The summed E-state index contributed by atoms with van der Waals surface area (Å²) in [5.74, 6) is -0.0794. The van der Waals surface area contributed by atoms with Crippen molar-refractivity contribution in [3.8, 4) is 0 Å². The largest absolute Gasteiger partial charge is 0.476 e. The molecule has 6 atom stereocenters. The number of rotatable bonds is 12. The predicted molar refractivity (Wildman–Crippen MR) is 136 cm³/mol. The summed E-state index contributed by atoms with van der Waals surface area (Å²) >= 11 is 1.14. The van der Waals surface area contributed by atoms with Crippen LogP contribution in [0.2, 0.25) is 0 Å². The SMILES string of the molecule is CC[C@H](C)[C@H](NC[C@H]1C[C@H](C)CCN1C)C(=O)N(C)[C@H](C[C@@H](O)c1nc(C(=O)O)cs1)C(C)C. The molecule has 0 unspecified atom stereocenters. The van der Waals surface area contributed by atoms with Gasteiger partial charge in [-0.15, -0.1) is 11.3 Å². The van der Waals surface area contributed by atoms with Crippen LogP contribution in [-0.2, 0) is 4.79 Å². The van der Waals surface area contributed by atoms with Gasteiger partial charge in [0.15, 0.2) is 5.69 Å². The molecule has 2 heterocycles. The van der Waals surface area contributed by atoms with E-state index >= 15 is 0 Å². The van der Waals surface area contributed by atoms with Crippen molar-refractivity contribution in [2.75, 3.05) is 27.2 Å². The Bertz CT molecular complexity index is 802. The van der Waals surface area contributed by atoms with Crippen LogP contribution in [0.3, 0.4) is 0 Å². The summed E-state index contributed by atoms with van der Waals surface area (Å²) in [6.07, 6.45) is 2.62. The lowest BCUT2D eigenvalue weighted by Crippen LogP contribution is -2.55. The number of aromatic nitrogens is 1. The summed E-state index contributed by atoms with van der Waals surface area (Å²) < 4.78 is 0. The van der Waals surface area contributed by atoms with Crippen molar-refractivity contribution in [3.05, 3.63) is 16.1 Å². The van der Waals surface area contributed by atoms with Crippen molar-refractivity contribution in [2.24, 2.45) is 17.8 Å². The van der Waals surface area contributed by atoms with E-state index in [-0.39, 0.29) is 35.5 Å². The van der Waals surface area contributed by atoms with Crippen LogP contribution >= 0.6 is 11.3 Å². The topological polar surface area (TPSA) is 106 Å². The molecule has 0 bridgehead atoms. The zero-order valence-electron chi connectivity index (χ0n) is 21.8. The molecular weight excluding hydrogens is 452 g/mol. The number of carboxylic acid groups (broad SMARTS) is 1. The number of carbonyl (C=O) groups excluding carboxylic acids is 1. The summed E-state index contributed by atoms with van der Waals surface area (Å²) in [6, 6.07) is -0.0765. The summed E-state index contributed by atoms with van der Waals surface area (Å²) in [5.41, 5.74) is -0.0624. The van der Waals surface area contributed by atoms with Crippen molar-refractivity contribution in [2.45, 2.75) is 84.5 Å². The lowest BCUT2D eigenvalue weighted by Gasteiger charge is -2.39. The Morgan fingerprint density at radius 1 is 1.35 bits per heavy atom. The molecule has 1 aromatic heterocycles. The third-order valence-electron chi connectivity index (χ3n) is 7.43. The number of aliphatic hydroxyl groups excluding tert-OH is 1. The van der Waals surface area contributed by atoms with E-state index in [1.165, 1.54) is 11.8 Å². The summed E-state index contributed by atoms with van der Waals surface area (Å²) in [7, 11) is 3.98. The maximum absolute atomic E-state index is 13.7. The number of nitrogens with zero attached hydrogens (tertiary/aromatic N) is 3. The fourth-order valence-electron chi connectivity index (χ4n) is 4.77. The second kappa shape index (κ2) is 13.0. The third-order valence-corrected chi connectivity index (χ3v) is 8.38. The first kappa shape index (κ1) is 28.7. The molecule has 34 heavy (non-hydrogen) atoms. The molecule has 0 aliphatic carbocycles. The summed E-state index contributed by atoms with van der Waals surface area (Å²) in [6.45, 7) is 12.5. The Labute approximate surface area is 208 Å². The number of aliphatic hydroxyl groups is 1. The molecule has 3 N–H and O–H groups in total. The summed E-state index contributed by atoms with van der Waals surface area (Å²) in [5, 5.41) is 25.3. The Morgan fingerprint density at radius 3 is 2.59 bits per heavy atom. The fraction of sp³-hybridized carbons (Fsp3) is 0.800. The van der Waals surface area contributed by atoms with E-state index in [2.05, 4.69) is 43.0 Å². The minimum Gasteiger partial charge on any atom is -0.476 e. The molecule has 0 spiro atoms. The molecule has 1 aromatic rings. The quantitative estimate of drug-likeness (QED) is 0.407. The molecule has 1 amide bonds. The van der Waals surface area contributed by atoms with E-state index < -0.39 is 12.1 Å². The van der Waals surface area contributed by atoms with Crippen molar-refractivity contribution >= 4 is 23.2 Å². The highest BCUT2D eigenvalue weighted by atomic mass is 32.1. The lowest BCUT2D eigenvalue weighted by molar-refractivity contribution is -0.137. The number of aromatic carboxylic acids is 1. The number of hydrogen-bond donors (Lipinski definition) is 3. The molecule has 1 saturated heterocycles. The highest BCUT2D eigenvalue weighted by Gasteiger charge is 2.34. The Morgan fingerprint density at radius 2 is 2.03 bits per heavy atom. The third kappa shape index (κ3) is 7.47. The molecule has 1 fully saturated rings. The standard InChI is InChI=1S/C25H44N4O4S/c1-8-17(5)22(26-13-18-11-16(4)9-10-28(18)6)24(31)29(7)20(15(2)3)12-21(30)23-27-19(14-34-23)25(32)33/h14-18,20-22,26,30H,8-13H2,1-7H3,(H,32,33)/t16-,17+,18-,20-,21-,22+/m1/s1. The molecule has 194 valence electrons. The monoisotopic (exact) mass is 496 g/mol. The molecular formula is C25H44N4O4S. The van der Waals surface area contributed by atoms with Gasteiger partial charge in [0.25, 0.3) is 0 Å². The maximum Gasteiger partial charge on any atom is 0.355 e. The predicted octanol–water partition coefficient (Wildman–Crippen LogP) is 3.48. The van der Waals surface area contributed by atoms with Gasteiger partial charge in [-0.05, 0) is 44.2 Å². The number of nitrogens with one attached hydrogen (secondary N) is 1. The van der Waals surface area contributed by atoms with Gasteiger partial charge in [0.2, 0.25) is 5.91 Å². The van der Waals surface area contributed by atoms with E-state index in [0.29, 0.717) is 23.4 Å². The summed E-state index contributed by atoms with van der Waals surface area (Å²) in [4.78, 5) is 33.1. The van der Waals surface area contributed by atoms with Crippen molar-refractivity contribution < 1.29 is 19.8 Å². The van der Waals surface area contributed by atoms with Crippen LogP contribution in [0.15, 0.2) is 5.38 Å². The molecule has 0 aromatic carbocycles. The minimum atomic E-state index is -1.11. The van der Waals surface area contributed by atoms with E-state index in [0.717, 1.165) is 37.3 Å². The van der Waals surface area contributed by atoms with E-state index in [1.54, 1.807) is 4.90 Å². The molecule has 0 saturated carbocycles. The van der Waals surface area contributed by atoms with Crippen LogP contribution in [0.5, 0.6) is 0 Å².